The molecule has 0 aliphatic heterocycles. The van der Waals surface area contributed by atoms with Gasteiger partial charge in [0.25, 0.3) is 0 Å². The third-order valence-electron chi connectivity index (χ3n) is 3.08. The van der Waals surface area contributed by atoms with Crippen LogP contribution >= 0.6 is 0 Å². The van der Waals surface area contributed by atoms with Crippen molar-refractivity contribution in [2.45, 2.75) is 38.6 Å². The van der Waals surface area contributed by atoms with Crippen LogP contribution in [0.5, 0.6) is 0 Å². The third-order valence-corrected chi connectivity index (χ3v) is 3.08. The molecule has 0 unspecified atom stereocenters. The molecule has 0 spiro atoms. The highest BCUT2D eigenvalue weighted by Gasteiger charge is 2.17. The molecule has 1 aliphatic carbocycles. The summed E-state index contributed by atoms with van der Waals surface area (Å²) in [5, 5.41) is 3.53. The van der Waals surface area contributed by atoms with Crippen LogP contribution in [0.4, 0.5) is 4.39 Å². The Morgan fingerprint density at radius 2 is 2.27 bits per heavy atom. The molecule has 0 fully saturated rings. The number of nitrogens with one attached hydrogen (secondary N) is 1. The molecule has 0 saturated heterocycles. The molecule has 15 heavy (non-hydrogen) atoms. The van der Waals surface area contributed by atoms with E-state index in [-0.39, 0.29) is 5.82 Å². The molecule has 0 aromatic heterocycles. The Bertz CT molecular complexity index is 335. The minimum atomic E-state index is -0.103. The number of rotatable bonds is 3. The number of hydrogen-bond acceptors (Lipinski definition) is 1. The Kier molecular flexibility index (Phi) is 3.37. The molecular weight excluding hydrogens is 189 g/mol. The number of fused-ring (bicyclic) bond motifs is 1. The molecule has 0 saturated carbocycles. The molecule has 1 nitrogen and oxygen atoms in total. The van der Waals surface area contributed by atoms with Crippen molar-refractivity contribution in [2.75, 3.05) is 6.54 Å². The van der Waals surface area contributed by atoms with Gasteiger partial charge in [-0.05, 0) is 55.5 Å². The lowest BCUT2D eigenvalue weighted by atomic mass is 9.88. The SMILES string of the molecule is CCCN[C@H]1CCc2cc(F)ccc2C1. The van der Waals surface area contributed by atoms with E-state index < -0.39 is 0 Å². The normalized spacial score (nSPS) is 20.0. The predicted molar refractivity (Wildman–Crippen MR) is 60.5 cm³/mol. The van der Waals surface area contributed by atoms with Crippen molar-refractivity contribution in [2.24, 2.45) is 0 Å². The van der Waals surface area contributed by atoms with Crippen LogP contribution in [-0.2, 0) is 12.8 Å². The molecule has 2 rings (SSSR count). The largest absolute Gasteiger partial charge is 0.314 e. The average Bonchev–Trinajstić information content (AvgIpc) is 2.26. The standard InChI is InChI=1S/C13H18FN/c1-2-7-15-13-6-4-10-8-12(14)5-3-11(10)9-13/h3,5,8,13,15H,2,4,6-7,9H2,1H3/t13-/m0/s1. The zero-order chi connectivity index (χ0) is 10.7. The monoisotopic (exact) mass is 207 g/mol. The maximum Gasteiger partial charge on any atom is 0.123 e. The number of benzene rings is 1. The first kappa shape index (κ1) is 10.6. The second-order valence-electron chi connectivity index (χ2n) is 4.31. The Hall–Kier alpha value is -0.890. The summed E-state index contributed by atoms with van der Waals surface area (Å²) in [5.41, 5.74) is 2.51. The smallest absolute Gasteiger partial charge is 0.123 e. The lowest BCUT2D eigenvalue weighted by Gasteiger charge is -2.25. The maximum atomic E-state index is 13.0. The zero-order valence-electron chi connectivity index (χ0n) is 9.22. The second-order valence-corrected chi connectivity index (χ2v) is 4.31. The quantitative estimate of drug-likeness (QED) is 0.803. The van der Waals surface area contributed by atoms with Gasteiger partial charge in [-0.15, -0.1) is 0 Å². The summed E-state index contributed by atoms with van der Waals surface area (Å²) < 4.78 is 13.0. The Morgan fingerprint density at radius 1 is 1.40 bits per heavy atom. The van der Waals surface area contributed by atoms with E-state index in [4.69, 9.17) is 0 Å². The van der Waals surface area contributed by atoms with Crippen LogP contribution in [0.15, 0.2) is 18.2 Å². The minimum Gasteiger partial charge on any atom is -0.314 e. The van der Waals surface area contributed by atoms with Gasteiger partial charge in [0.2, 0.25) is 0 Å². The van der Waals surface area contributed by atoms with Crippen LogP contribution < -0.4 is 5.32 Å². The van der Waals surface area contributed by atoms with Gasteiger partial charge in [0.05, 0.1) is 0 Å². The fourth-order valence-electron chi connectivity index (χ4n) is 2.25. The van der Waals surface area contributed by atoms with Gasteiger partial charge < -0.3 is 5.32 Å². The van der Waals surface area contributed by atoms with Gasteiger partial charge in [0.1, 0.15) is 5.82 Å². The molecular formula is C13H18FN. The van der Waals surface area contributed by atoms with Crippen molar-refractivity contribution in [1.82, 2.24) is 5.32 Å². The highest BCUT2D eigenvalue weighted by Crippen LogP contribution is 2.22. The average molecular weight is 207 g/mol. The van der Waals surface area contributed by atoms with Crippen LogP contribution in [-0.4, -0.2) is 12.6 Å². The maximum absolute atomic E-state index is 13.0. The molecule has 1 atom stereocenters. The summed E-state index contributed by atoms with van der Waals surface area (Å²) in [6, 6.07) is 5.78. The Balaban J connectivity index is 2.03. The Morgan fingerprint density at radius 3 is 3.07 bits per heavy atom. The van der Waals surface area contributed by atoms with Crippen molar-refractivity contribution in [3.8, 4) is 0 Å². The summed E-state index contributed by atoms with van der Waals surface area (Å²) in [7, 11) is 0. The van der Waals surface area contributed by atoms with Crippen LogP contribution in [0.1, 0.15) is 30.9 Å². The molecule has 0 bridgehead atoms. The molecule has 1 aromatic rings. The lowest BCUT2D eigenvalue weighted by molar-refractivity contribution is 0.457. The highest BCUT2D eigenvalue weighted by atomic mass is 19.1. The van der Waals surface area contributed by atoms with Gasteiger partial charge >= 0.3 is 0 Å². The van der Waals surface area contributed by atoms with Crippen molar-refractivity contribution in [3.05, 3.63) is 35.1 Å². The molecule has 0 amide bonds. The minimum absolute atomic E-state index is 0.103. The van der Waals surface area contributed by atoms with E-state index in [1.165, 1.54) is 17.5 Å². The molecule has 82 valence electrons. The first-order valence-corrected chi connectivity index (χ1v) is 5.80. The first-order valence-electron chi connectivity index (χ1n) is 5.80. The molecule has 1 aromatic carbocycles. The second kappa shape index (κ2) is 4.75. The van der Waals surface area contributed by atoms with Crippen LogP contribution in [0.3, 0.4) is 0 Å². The van der Waals surface area contributed by atoms with Gasteiger partial charge in [-0.25, -0.2) is 4.39 Å². The van der Waals surface area contributed by atoms with Gasteiger partial charge in [-0.3, -0.25) is 0 Å². The van der Waals surface area contributed by atoms with E-state index in [1.807, 2.05) is 6.07 Å². The topological polar surface area (TPSA) is 12.0 Å². The lowest BCUT2D eigenvalue weighted by Crippen LogP contribution is -2.34. The van der Waals surface area contributed by atoms with E-state index in [2.05, 4.69) is 12.2 Å². The highest BCUT2D eigenvalue weighted by molar-refractivity contribution is 5.31. The van der Waals surface area contributed by atoms with Crippen molar-refractivity contribution < 1.29 is 4.39 Å². The third kappa shape index (κ3) is 2.57. The van der Waals surface area contributed by atoms with Gasteiger partial charge in [-0.2, -0.15) is 0 Å². The predicted octanol–water partition coefficient (Wildman–Crippen LogP) is 2.68. The van der Waals surface area contributed by atoms with Gasteiger partial charge in [0.15, 0.2) is 0 Å². The molecule has 2 heteroatoms. The Labute approximate surface area is 90.7 Å². The molecule has 0 radical (unpaired) electrons. The first-order chi connectivity index (χ1) is 7.29. The van der Waals surface area contributed by atoms with E-state index in [9.17, 15) is 4.39 Å². The summed E-state index contributed by atoms with van der Waals surface area (Å²) in [6.07, 6.45) is 4.37. The number of hydrogen-bond donors (Lipinski definition) is 1. The van der Waals surface area contributed by atoms with E-state index in [1.54, 1.807) is 12.1 Å². The number of halogens is 1. The van der Waals surface area contributed by atoms with Crippen molar-refractivity contribution in [1.29, 1.82) is 0 Å². The summed E-state index contributed by atoms with van der Waals surface area (Å²) in [6.45, 7) is 3.26. The number of aryl methyl sites for hydroxylation is 1. The molecule has 1 N–H and O–H groups in total. The van der Waals surface area contributed by atoms with Crippen LogP contribution in [0.25, 0.3) is 0 Å². The van der Waals surface area contributed by atoms with E-state index >= 15 is 0 Å². The van der Waals surface area contributed by atoms with Gasteiger partial charge in [0, 0.05) is 6.04 Å². The van der Waals surface area contributed by atoms with Crippen molar-refractivity contribution in [3.63, 3.8) is 0 Å². The summed E-state index contributed by atoms with van der Waals surface area (Å²) >= 11 is 0. The van der Waals surface area contributed by atoms with Crippen LogP contribution in [0.2, 0.25) is 0 Å². The van der Waals surface area contributed by atoms with E-state index in [0.29, 0.717) is 6.04 Å². The van der Waals surface area contributed by atoms with Gasteiger partial charge in [-0.1, -0.05) is 13.0 Å². The fraction of sp³-hybridized carbons (Fsp3) is 0.538. The molecule has 0 heterocycles. The van der Waals surface area contributed by atoms with E-state index in [0.717, 1.165) is 25.8 Å². The fourth-order valence-corrected chi connectivity index (χ4v) is 2.25. The van der Waals surface area contributed by atoms with Crippen LogP contribution in [0, 0.1) is 5.82 Å². The zero-order valence-corrected chi connectivity index (χ0v) is 9.22. The summed E-state index contributed by atoms with van der Waals surface area (Å²) in [5.74, 6) is -0.103. The molecule has 1 aliphatic rings. The summed E-state index contributed by atoms with van der Waals surface area (Å²) in [4.78, 5) is 0. The van der Waals surface area contributed by atoms with Crippen molar-refractivity contribution >= 4 is 0 Å².